The SMILES string of the molecule is CC(Nc1cc(C#N)c2ccccc2n1)c1ncc[nH]1. The van der Waals surface area contributed by atoms with Gasteiger partial charge in [-0.3, -0.25) is 0 Å². The number of H-pyrrole nitrogens is 1. The predicted octanol–water partition coefficient (Wildman–Crippen LogP) is 3.00. The van der Waals surface area contributed by atoms with Gasteiger partial charge in [0.15, 0.2) is 0 Å². The normalized spacial score (nSPS) is 12.0. The molecule has 2 heterocycles. The predicted molar refractivity (Wildman–Crippen MR) is 77.1 cm³/mol. The van der Waals surface area contributed by atoms with Crippen molar-refractivity contribution in [1.82, 2.24) is 15.0 Å². The minimum absolute atomic E-state index is 0.00907. The van der Waals surface area contributed by atoms with Crippen LogP contribution in [0.4, 0.5) is 5.82 Å². The molecule has 0 aliphatic heterocycles. The van der Waals surface area contributed by atoms with Gasteiger partial charge in [-0.15, -0.1) is 0 Å². The summed E-state index contributed by atoms with van der Waals surface area (Å²) in [4.78, 5) is 11.8. The van der Waals surface area contributed by atoms with E-state index in [0.29, 0.717) is 11.4 Å². The molecule has 1 atom stereocenters. The summed E-state index contributed by atoms with van der Waals surface area (Å²) in [6.45, 7) is 1.99. The first-order valence-electron chi connectivity index (χ1n) is 6.33. The summed E-state index contributed by atoms with van der Waals surface area (Å²) in [7, 11) is 0. The molecule has 5 heteroatoms. The maximum atomic E-state index is 9.25. The molecule has 20 heavy (non-hydrogen) atoms. The van der Waals surface area contributed by atoms with Crippen LogP contribution in [-0.4, -0.2) is 15.0 Å². The van der Waals surface area contributed by atoms with E-state index in [1.807, 2.05) is 31.2 Å². The van der Waals surface area contributed by atoms with Gasteiger partial charge in [0, 0.05) is 17.8 Å². The standard InChI is InChI=1S/C15H13N5/c1-10(15-17-6-7-18-15)19-14-8-11(9-16)12-4-2-3-5-13(12)20-14/h2-8,10H,1H3,(H,17,18)(H,19,20). The number of benzene rings is 1. The van der Waals surface area contributed by atoms with Gasteiger partial charge < -0.3 is 10.3 Å². The Labute approximate surface area is 116 Å². The van der Waals surface area contributed by atoms with Crippen LogP contribution in [0.25, 0.3) is 10.9 Å². The minimum Gasteiger partial charge on any atom is -0.360 e. The third-order valence-electron chi connectivity index (χ3n) is 3.13. The van der Waals surface area contributed by atoms with Crippen molar-refractivity contribution in [3.05, 3.63) is 54.1 Å². The van der Waals surface area contributed by atoms with Crippen molar-refractivity contribution in [2.45, 2.75) is 13.0 Å². The Morgan fingerprint density at radius 3 is 2.95 bits per heavy atom. The van der Waals surface area contributed by atoms with Crippen molar-refractivity contribution < 1.29 is 0 Å². The first-order valence-corrected chi connectivity index (χ1v) is 6.33. The van der Waals surface area contributed by atoms with Gasteiger partial charge in [0.2, 0.25) is 0 Å². The quantitative estimate of drug-likeness (QED) is 0.761. The smallest absolute Gasteiger partial charge is 0.128 e. The average Bonchev–Trinajstić information content (AvgIpc) is 3.00. The number of imidazole rings is 1. The summed E-state index contributed by atoms with van der Waals surface area (Å²) in [5, 5.41) is 13.4. The maximum absolute atomic E-state index is 9.25. The molecule has 1 aromatic carbocycles. The fraction of sp³-hybridized carbons (Fsp3) is 0.133. The van der Waals surface area contributed by atoms with Gasteiger partial charge in [0.05, 0.1) is 23.2 Å². The molecule has 0 aliphatic rings. The summed E-state index contributed by atoms with van der Waals surface area (Å²) in [5.41, 5.74) is 1.42. The molecule has 0 saturated carbocycles. The van der Waals surface area contributed by atoms with E-state index in [1.165, 1.54) is 0 Å². The Hall–Kier alpha value is -2.87. The zero-order chi connectivity index (χ0) is 13.9. The molecule has 0 amide bonds. The lowest BCUT2D eigenvalue weighted by molar-refractivity contribution is 0.805. The first kappa shape index (κ1) is 12.2. The van der Waals surface area contributed by atoms with Gasteiger partial charge in [-0.25, -0.2) is 9.97 Å². The largest absolute Gasteiger partial charge is 0.360 e. The van der Waals surface area contributed by atoms with E-state index in [9.17, 15) is 5.26 Å². The number of nitriles is 1. The second kappa shape index (κ2) is 5.02. The molecule has 0 spiro atoms. The Bertz CT molecular complexity index is 771. The summed E-state index contributed by atoms with van der Waals surface area (Å²) >= 11 is 0. The Balaban J connectivity index is 1.98. The number of aromatic nitrogens is 3. The third kappa shape index (κ3) is 2.19. The Kier molecular flexibility index (Phi) is 3.05. The van der Waals surface area contributed by atoms with Crippen LogP contribution in [0.3, 0.4) is 0 Å². The molecule has 5 nitrogen and oxygen atoms in total. The van der Waals surface area contributed by atoms with Crippen LogP contribution >= 0.6 is 0 Å². The molecular formula is C15H13N5. The third-order valence-corrected chi connectivity index (χ3v) is 3.13. The number of anilines is 1. The van der Waals surface area contributed by atoms with Crippen molar-refractivity contribution in [2.24, 2.45) is 0 Å². The van der Waals surface area contributed by atoms with Gasteiger partial charge in [-0.05, 0) is 19.1 Å². The van der Waals surface area contributed by atoms with Crippen LogP contribution in [0, 0.1) is 11.3 Å². The topological polar surface area (TPSA) is 77.4 Å². The molecule has 0 saturated heterocycles. The van der Waals surface area contributed by atoms with E-state index in [1.54, 1.807) is 18.5 Å². The molecule has 0 radical (unpaired) electrons. The van der Waals surface area contributed by atoms with Gasteiger partial charge >= 0.3 is 0 Å². The van der Waals surface area contributed by atoms with E-state index < -0.39 is 0 Å². The molecule has 0 aliphatic carbocycles. The molecule has 2 aromatic heterocycles. The monoisotopic (exact) mass is 263 g/mol. The van der Waals surface area contributed by atoms with E-state index in [-0.39, 0.29) is 6.04 Å². The number of nitrogens with zero attached hydrogens (tertiary/aromatic N) is 3. The second-order valence-electron chi connectivity index (χ2n) is 4.52. The summed E-state index contributed by atoms with van der Waals surface area (Å²) in [5.74, 6) is 1.50. The lowest BCUT2D eigenvalue weighted by atomic mass is 10.1. The number of aromatic amines is 1. The highest BCUT2D eigenvalue weighted by Gasteiger charge is 2.10. The highest BCUT2D eigenvalue weighted by atomic mass is 15.1. The fourth-order valence-electron chi connectivity index (χ4n) is 2.15. The number of rotatable bonds is 3. The van der Waals surface area contributed by atoms with E-state index in [4.69, 9.17) is 0 Å². The highest BCUT2D eigenvalue weighted by Crippen LogP contribution is 2.22. The van der Waals surface area contributed by atoms with Gasteiger partial charge in [0.1, 0.15) is 11.6 Å². The number of para-hydroxylation sites is 1. The number of nitrogens with one attached hydrogen (secondary N) is 2. The van der Waals surface area contributed by atoms with Crippen molar-refractivity contribution >= 4 is 16.7 Å². The first-order chi connectivity index (χ1) is 9.78. The number of hydrogen-bond donors (Lipinski definition) is 2. The van der Waals surface area contributed by atoms with Crippen LogP contribution in [0.1, 0.15) is 24.4 Å². The molecule has 98 valence electrons. The molecule has 3 rings (SSSR count). The molecule has 0 fully saturated rings. The summed E-state index contributed by atoms with van der Waals surface area (Å²) < 4.78 is 0. The lowest BCUT2D eigenvalue weighted by Crippen LogP contribution is -2.09. The van der Waals surface area contributed by atoms with Crippen molar-refractivity contribution in [1.29, 1.82) is 5.26 Å². The molecule has 3 aromatic rings. The molecular weight excluding hydrogens is 250 g/mol. The minimum atomic E-state index is -0.00907. The summed E-state index contributed by atoms with van der Waals surface area (Å²) in [6.07, 6.45) is 3.49. The van der Waals surface area contributed by atoms with Crippen LogP contribution in [0.2, 0.25) is 0 Å². The van der Waals surface area contributed by atoms with E-state index >= 15 is 0 Å². The van der Waals surface area contributed by atoms with Gasteiger partial charge in [-0.2, -0.15) is 5.26 Å². The molecule has 0 bridgehead atoms. The fourth-order valence-corrected chi connectivity index (χ4v) is 2.15. The van der Waals surface area contributed by atoms with Crippen LogP contribution in [0.5, 0.6) is 0 Å². The van der Waals surface area contributed by atoms with Crippen LogP contribution in [-0.2, 0) is 0 Å². The van der Waals surface area contributed by atoms with Crippen molar-refractivity contribution in [3.63, 3.8) is 0 Å². The number of fused-ring (bicyclic) bond motifs is 1. The van der Waals surface area contributed by atoms with Crippen LogP contribution in [0.15, 0.2) is 42.7 Å². The van der Waals surface area contributed by atoms with Crippen molar-refractivity contribution in [3.8, 4) is 6.07 Å². The van der Waals surface area contributed by atoms with Gasteiger partial charge in [0.25, 0.3) is 0 Å². The Morgan fingerprint density at radius 1 is 1.35 bits per heavy atom. The van der Waals surface area contributed by atoms with E-state index in [2.05, 4.69) is 26.3 Å². The molecule has 2 N–H and O–H groups in total. The van der Waals surface area contributed by atoms with Crippen LogP contribution < -0.4 is 5.32 Å². The maximum Gasteiger partial charge on any atom is 0.128 e. The lowest BCUT2D eigenvalue weighted by Gasteiger charge is -2.13. The second-order valence-corrected chi connectivity index (χ2v) is 4.52. The zero-order valence-electron chi connectivity index (χ0n) is 11.0. The zero-order valence-corrected chi connectivity index (χ0v) is 11.0. The molecule has 1 unspecified atom stereocenters. The highest BCUT2D eigenvalue weighted by molar-refractivity contribution is 5.86. The average molecular weight is 263 g/mol. The summed E-state index contributed by atoms with van der Waals surface area (Å²) in [6, 6.07) is 11.6. The number of pyridine rings is 1. The number of hydrogen-bond acceptors (Lipinski definition) is 4. The van der Waals surface area contributed by atoms with Gasteiger partial charge in [-0.1, -0.05) is 18.2 Å². The Morgan fingerprint density at radius 2 is 2.20 bits per heavy atom. The van der Waals surface area contributed by atoms with E-state index in [0.717, 1.165) is 16.7 Å². The van der Waals surface area contributed by atoms with Crippen molar-refractivity contribution in [2.75, 3.05) is 5.32 Å².